The van der Waals surface area contributed by atoms with Gasteiger partial charge in [-0.05, 0) is 53.4 Å². The molecule has 0 amide bonds. The lowest BCUT2D eigenvalue weighted by atomic mass is 10.0. The molecule has 2 atom stereocenters. The summed E-state index contributed by atoms with van der Waals surface area (Å²) in [4.78, 5) is 11.7. The molecule has 0 rings (SSSR count). The monoisotopic (exact) mass is 243 g/mol. The zero-order valence-corrected chi connectivity index (χ0v) is 12.5. The highest BCUT2D eigenvalue weighted by Gasteiger charge is 2.22. The van der Waals surface area contributed by atoms with Crippen molar-refractivity contribution in [3.05, 3.63) is 0 Å². The summed E-state index contributed by atoms with van der Waals surface area (Å²) in [6, 6.07) is 0.108. The van der Waals surface area contributed by atoms with Gasteiger partial charge in [-0.25, -0.2) is 0 Å². The molecule has 0 radical (unpaired) electrons. The van der Waals surface area contributed by atoms with Gasteiger partial charge in [-0.2, -0.15) is 0 Å². The van der Waals surface area contributed by atoms with Gasteiger partial charge in [0, 0.05) is 6.04 Å². The van der Waals surface area contributed by atoms with Gasteiger partial charge in [-0.1, -0.05) is 13.8 Å². The minimum atomic E-state index is -0.409. The van der Waals surface area contributed by atoms with Crippen LogP contribution in [0.25, 0.3) is 0 Å². The number of hydrogen-bond donors (Lipinski definition) is 1. The summed E-state index contributed by atoms with van der Waals surface area (Å²) >= 11 is 0. The standard InChI is InChI=1S/C14H29NO2/c1-10(2)8-9-11(3)15-12(4)13(16)17-14(5,6)7/h10-12,15H,8-9H2,1-7H3. The minimum absolute atomic E-state index is 0.172. The van der Waals surface area contributed by atoms with Crippen molar-refractivity contribution in [3.63, 3.8) is 0 Å². The van der Waals surface area contributed by atoms with Crippen molar-refractivity contribution in [1.29, 1.82) is 0 Å². The second kappa shape index (κ2) is 7.00. The Morgan fingerprint density at radius 3 is 2.06 bits per heavy atom. The van der Waals surface area contributed by atoms with Gasteiger partial charge >= 0.3 is 5.97 Å². The summed E-state index contributed by atoms with van der Waals surface area (Å²) in [6.07, 6.45) is 2.26. The second-order valence-electron chi connectivity index (χ2n) is 6.29. The summed E-state index contributed by atoms with van der Waals surface area (Å²) in [7, 11) is 0. The first-order valence-electron chi connectivity index (χ1n) is 6.60. The van der Waals surface area contributed by atoms with Crippen LogP contribution in [-0.2, 0) is 9.53 Å². The average Bonchev–Trinajstić information content (AvgIpc) is 2.11. The maximum atomic E-state index is 11.7. The van der Waals surface area contributed by atoms with Crippen LogP contribution in [0.2, 0.25) is 0 Å². The SMILES string of the molecule is CC(C)CCC(C)NC(C)C(=O)OC(C)(C)C. The van der Waals surface area contributed by atoms with E-state index in [0.717, 1.165) is 6.42 Å². The van der Waals surface area contributed by atoms with Crippen molar-refractivity contribution < 1.29 is 9.53 Å². The molecule has 0 saturated carbocycles. The minimum Gasteiger partial charge on any atom is -0.459 e. The molecule has 0 saturated heterocycles. The van der Waals surface area contributed by atoms with Crippen LogP contribution in [0, 0.1) is 5.92 Å². The van der Waals surface area contributed by atoms with Crippen molar-refractivity contribution in [2.45, 2.75) is 79.0 Å². The summed E-state index contributed by atoms with van der Waals surface area (Å²) < 4.78 is 5.32. The molecule has 3 nitrogen and oxygen atoms in total. The van der Waals surface area contributed by atoms with E-state index in [1.54, 1.807) is 0 Å². The van der Waals surface area contributed by atoms with Gasteiger partial charge in [0.25, 0.3) is 0 Å². The molecule has 0 heterocycles. The number of hydrogen-bond acceptors (Lipinski definition) is 3. The lowest BCUT2D eigenvalue weighted by Gasteiger charge is -2.25. The van der Waals surface area contributed by atoms with Crippen LogP contribution in [0.15, 0.2) is 0 Å². The van der Waals surface area contributed by atoms with Gasteiger partial charge in [-0.15, -0.1) is 0 Å². The van der Waals surface area contributed by atoms with Crippen molar-refractivity contribution in [1.82, 2.24) is 5.32 Å². The Morgan fingerprint density at radius 1 is 1.12 bits per heavy atom. The highest BCUT2D eigenvalue weighted by molar-refractivity contribution is 5.75. The van der Waals surface area contributed by atoms with Crippen molar-refractivity contribution in [2.75, 3.05) is 0 Å². The molecule has 102 valence electrons. The largest absolute Gasteiger partial charge is 0.459 e. The Labute approximate surface area is 106 Å². The van der Waals surface area contributed by atoms with Crippen molar-refractivity contribution in [2.24, 2.45) is 5.92 Å². The van der Waals surface area contributed by atoms with Crippen molar-refractivity contribution >= 4 is 5.97 Å². The predicted octanol–water partition coefficient (Wildman–Crippen LogP) is 3.13. The molecule has 2 unspecified atom stereocenters. The number of carbonyl (C=O) groups is 1. The van der Waals surface area contributed by atoms with Gasteiger partial charge in [0.1, 0.15) is 11.6 Å². The van der Waals surface area contributed by atoms with E-state index in [4.69, 9.17) is 4.74 Å². The van der Waals surface area contributed by atoms with E-state index in [0.29, 0.717) is 12.0 Å². The fraction of sp³-hybridized carbons (Fsp3) is 0.929. The third kappa shape index (κ3) is 9.16. The summed E-state index contributed by atoms with van der Waals surface area (Å²) in [6.45, 7) is 14.1. The molecular weight excluding hydrogens is 214 g/mol. The Balaban J connectivity index is 3.99. The fourth-order valence-electron chi connectivity index (χ4n) is 1.55. The zero-order valence-electron chi connectivity index (χ0n) is 12.5. The van der Waals surface area contributed by atoms with Crippen LogP contribution in [-0.4, -0.2) is 23.7 Å². The molecule has 0 fully saturated rings. The third-order valence-corrected chi connectivity index (χ3v) is 2.47. The Bertz CT molecular complexity index is 231. The predicted molar refractivity (Wildman–Crippen MR) is 72.0 cm³/mol. The lowest BCUT2D eigenvalue weighted by Crippen LogP contribution is -2.43. The smallest absolute Gasteiger partial charge is 0.323 e. The van der Waals surface area contributed by atoms with E-state index in [1.807, 2.05) is 27.7 Å². The van der Waals surface area contributed by atoms with E-state index < -0.39 is 5.60 Å². The summed E-state index contributed by atoms with van der Waals surface area (Å²) in [5.41, 5.74) is -0.409. The maximum Gasteiger partial charge on any atom is 0.323 e. The third-order valence-electron chi connectivity index (χ3n) is 2.47. The molecule has 0 aromatic rings. The van der Waals surface area contributed by atoms with E-state index in [2.05, 4.69) is 26.1 Å². The number of rotatable bonds is 6. The lowest BCUT2D eigenvalue weighted by molar-refractivity contribution is -0.157. The van der Waals surface area contributed by atoms with Gasteiger partial charge in [0.05, 0.1) is 0 Å². The first-order valence-corrected chi connectivity index (χ1v) is 6.60. The number of ether oxygens (including phenoxy) is 1. The molecule has 0 aliphatic heterocycles. The Morgan fingerprint density at radius 2 is 1.65 bits per heavy atom. The quantitative estimate of drug-likeness (QED) is 0.728. The van der Waals surface area contributed by atoms with Crippen LogP contribution < -0.4 is 5.32 Å². The summed E-state index contributed by atoms with van der Waals surface area (Å²) in [5, 5.41) is 3.28. The number of carbonyl (C=O) groups excluding carboxylic acids is 1. The average molecular weight is 243 g/mol. The highest BCUT2D eigenvalue weighted by Crippen LogP contribution is 2.10. The van der Waals surface area contributed by atoms with Gasteiger partial charge in [0.2, 0.25) is 0 Å². The molecule has 0 aromatic carbocycles. The number of nitrogens with one attached hydrogen (secondary N) is 1. The van der Waals surface area contributed by atoms with Crippen molar-refractivity contribution in [3.8, 4) is 0 Å². The normalized spacial score (nSPS) is 15.8. The Hall–Kier alpha value is -0.570. The molecule has 3 heteroatoms. The second-order valence-corrected chi connectivity index (χ2v) is 6.29. The maximum absolute atomic E-state index is 11.7. The van der Waals surface area contributed by atoms with E-state index >= 15 is 0 Å². The van der Waals surface area contributed by atoms with Crippen LogP contribution in [0.1, 0.15) is 61.3 Å². The molecule has 0 aliphatic rings. The first-order chi connectivity index (χ1) is 7.61. The fourth-order valence-corrected chi connectivity index (χ4v) is 1.55. The van der Waals surface area contributed by atoms with E-state index in [-0.39, 0.29) is 12.0 Å². The van der Waals surface area contributed by atoms with Crippen LogP contribution in [0.5, 0.6) is 0 Å². The molecule has 17 heavy (non-hydrogen) atoms. The molecule has 1 N–H and O–H groups in total. The van der Waals surface area contributed by atoms with E-state index in [1.165, 1.54) is 6.42 Å². The van der Waals surface area contributed by atoms with Gasteiger partial charge < -0.3 is 10.1 Å². The topological polar surface area (TPSA) is 38.3 Å². The van der Waals surface area contributed by atoms with Gasteiger partial charge in [0.15, 0.2) is 0 Å². The zero-order chi connectivity index (χ0) is 13.6. The Kier molecular flexibility index (Phi) is 6.76. The summed E-state index contributed by atoms with van der Waals surface area (Å²) in [5.74, 6) is 0.532. The molecule has 0 bridgehead atoms. The van der Waals surface area contributed by atoms with Gasteiger partial charge in [-0.3, -0.25) is 4.79 Å². The van der Waals surface area contributed by atoms with Crippen LogP contribution >= 0.6 is 0 Å². The number of esters is 1. The van der Waals surface area contributed by atoms with Crippen LogP contribution in [0.3, 0.4) is 0 Å². The molecule has 0 spiro atoms. The molecule has 0 aliphatic carbocycles. The molecule has 0 aromatic heterocycles. The molecular formula is C14H29NO2. The van der Waals surface area contributed by atoms with Crippen LogP contribution in [0.4, 0.5) is 0 Å². The first kappa shape index (κ1) is 16.4. The van der Waals surface area contributed by atoms with E-state index in [9.17, 15) is 4.79 Å². The highest BCUT2D eigenvalue weighted by atomic mass is 16.6.